The van der Waals surface area contributed by atoms with Crippen molar-refractivity contribution in [3.63, 3.8) is 0 Å². The second-order valence-corrected chi connectivity index (χ2v) is 7.60. The lowest BCUT2D eigenvalue weighted by molar-refractivity contribution is -0.0345. The second kappa shape index (κ2) is 9.92. The number of piperidine rings is 1. The lowest BCUT2D eigenvalue weighted by atomic mass is 9.84. The number of hydrogen-bond acceptors (Lipinski definition) is 5. The first-order chi connectivity index (χ1) is 12.9. The predicted molar refractivity (Wildman–Crippen MR) is 112 cm³/mol. The first-order valence-electron chi connectivity index (χ1n) is 9.11. The number of aliphatic hydroxyl groups excluding tert-OH is 1. The van der Waals surface area contributed by atoms with Gasteiger partial charge in [0.05, 0.1) is 23.3 Å². The molecule has 0 bridgehead atoms. The van der Waals surface area contributed by atoms with Crippen LogP contribution in [0.5, 0.6) is 5.75 Å². The van der Waals surface area contributed by atoms with E-state index in [1.54, 1.807) is 19.2 Å². The molecule has 3 rings (SSSR count). The molecule has 3 N–H and O–H groups in total. The number of hydrogen-bond donors (Lipinski definition) is 3. The van der Waals surface area contributed by atoms with E-state index in [0.29, 0.717) is 44.6 Å². The van der Waals surface area contributed by atoms with Crippen molar-refractivity contribution < 1.29 is 20.1 Å². The van der Waals surface area contributed by atoms with Crippen LogP contribution in [0.1, 0.15) is 35.6 Å². The first kappa shape index (κ1) is 22.9. The molecule has 1 aliphatic heterocycles. The van der Waals surface area contributed by atoms with Crippen LogP contribution < -0.4 is 0 Å². The van der Waals surface area contributed by atoms with Crippen molar-refractivity contribution in [1.82, 2.24) is 4.90 Å². The van der Waals surface area contributed by atoms with Crippen molar-refractivity contribution in [3.05, 3.63) is 64.2 Å². The molecule has 1 unspecified atom stereocenters. The molecule has 2 aromatic carbocycles. The average Bonchev–Trinajstić information content (AvgIpc) is 2.67. The van der Waals surface area contributed by atoms with Crippen LogP contribution in [0.15, 0.2) is 42.5 Å². The SMILES string of the molecule is COCc1ccc(C2(O)CCN(CC(O)c3ccc(O)c(Cl)c3)CC2)cc1.Cl. The zero-order valence-corrected chi connectivity index (χ0v) is 17.4. The summed E-state index contributed by atoms with van der Waals surface area (Å²) < 4.78 is 5.12. The number of aromatic hydroxyl groups is 1. The summed E-state index contributed by atoms with van der Waals surface area (Å²) in [6.07, 6.45) is 0.530. The van der Waals surface area contributed by atoms with Gasteiger partial charge in [-0.05, 0) is 41.7 Å². The van der Waals surface area contributed by atoms with Crippen molar-refractivity contribution in [2.24, 2.45) is 0 Å². The number of rotatable bonds is 6. The van der Waals surface area contributed by atoms with Crippen LogP contribution in [0.4, 0.5) is 0 Å². The Morgan fingerprint density at radius 2 is 1.79 bits per heavy atom. The molecule has 1 aliphatic rings. The maximum Gasteiger partial charge on any atom is 0.134 e. The van der Waals surface area contributed by atoms with Gasteiger partial charge < -0.3 is 25.0 Å². The quantitative estimate of drug-likeness (QED) is 0.656. The van der Waals surface area contributed by atoms with Gasteiger partial charge in [-0.1, -0.05) is 41.9 Å². The number of methoxy groups -OCH3 is 1. The van der Waals surface area contributed by atoms with Gasteiger partial charge in [0.25, 0.3) is 0 Å². The fourth-order valence-electron chi connectivity index (χ4n) is 3.55. The number of likely N-dealkylation sites (tertiary alicyclic amines) is 1. The maximum absolute atomic E-state index is 11.0. The monoisotopic (exact) mass is 427 g/mol. The van der Waals surface area contributed by atoms with Gasteiger partial charge in [0.2, 0.25) is 0 Å². The molecule has 5 nitrogen and oxygen atoms in total. The molecule has 0 spiro atoms. The Morgan fingerprint density at radius 1 is 1.14 bits per heavy atom. The molecular formula is C21H27Cl2NO4. The lowest BCUT2D eigenvalue weighted by Crippen LogP contribution is -2.43. The van der Waals surface area contributed by atoms with Crippen LogP contribution in [0.25, 0.3) is 0 Å². The molecule has 28 heavy (non-hydrogen) atoms. The van der Waals surface area contributed by atoms with Crippen molar-refractivity contribution >= 4 is 24.0 Å². The van der Waals surface area contributed by atoms with Crippen LogP contribution in [-0.4, -0.2) is 47.0 Å². The number of nitrogens with zero attached hydrogens (tertiary/aromatic N) is 1. The van der Waals surface area contributed by atoms with Gasteiger partial charge in [-0.15, -0.1) is 12.4 Å². The zero-order valence-electron chi connectivity index (χ0n) is 15.8. The number of phenolic OH excluding ortho intramolecular Hbond substituents is 1. The van der Waals surface area contributed by atoms with Gasteiger partial charge in [0.1, 0.15) is 5.75 Å². The average molecular weight is 428 g/mol. The summed E-state index contributed by atoms with van der Waals surface area (Å²) in [5.74, 6) is 0.00664. The van der Waals surface area contributed by atoms with E-state index >= 15 is 0 Å². The van der Waals surface area contributed by atoms with E-state index in [1.165, 1.54) is 6.07 Å². The molecule has 0 saturated carbocycles. The third kappa shape index (κ3) is 5.38. The third-order valence-corrected chi connectivity index (χ3v) is 5.58. The van der Waals surface area contributed by atoms with E-state index < -0.39 is 11.7 Å². The summed E-state index contributed by atoms with van der Waals surface area (Å²) in [5, 5.41) is 31.2. The Labute approximate surface area is 176 Å². The van der Waals surface area contributed by atoms with Crippen LogP contribution in [0, 0.1) is 0 Å². The minimum atomic E-state index is -0.838. The smallest absolute Gasteiger partial charge is 0.134 e. The highest BCUT2D eigenvalue weighted by Crippen LogP contribution is 2.34. The molecule has 0 aromatic heterocycles. The molecule has 0 amide bonds. The molecular weight excluding hydrogens is 401 g/mol. The number of benzene rings is 2. The summed E-state index contributed by atoms with van der Waals surface area (Å²) >= 11 is 5.92. The van der Waals surface area contributed by atoms with Crippen molar-refractivity contribution in [3.8, 4) is 5.75 Å². The fraction of sp³-hybridized carbons (Fsp3) is 0.429. The number of aliphatic hydroxyl groups is 2. The number of ether oxygens (including phenoxy) is 1. The number of halogens is 2. The van der Waals surface area contributed by atoms with E-state index in [-0.39, 0.29) is 23.2 Å². The Morgan fingerprint density at radius 3 is 2.36 bits per heavy atom. The molecule has 1 saturated heterocycles. The second-order valence-electron chi connectivity index (χ2n) is 7.19. The first-order valence-corrected chi connectivity index (χ1v) is 9.48. The maximum atomic E-state index is 11.0. The number of phenols is 1. The van der Waals surface area contributed by atoms with E-state index in [1.807, 2.05) is 24.3 Å². The molecule has 1 heterocycles. The minimum Gasteiger partial charge on any atom is -0.506 e. The zero-order chi connectivity index (χ0) is 19.4. The van der Waals surface area contributed by atoms with Crippen LogP contribution in [0.2, 0.25) is 5.02 Å². The molecule has 154 valence electrons. The molecule has 0 aliphatic carbocycles. The van der Waals surface area contributed by atoms with Gasteiger partial charge >= 0.3 is 0 Å². The molecule has 2 aromatic rings. The van der Waals surface area contributed by atoms with Crippen molar-refractivity contribution in [1.29, 1.82) is 0 Å². The lowest BCUT2D eigenvalue weighted by Gasteiger charge is -2.39. The van der Waals surface area contributed by atoms with Crippen LogP contribution in [0.3, 0.4) is 0 Å². The van der Waals surface area contributed by atoms with Gasteiger partial charge in [-0.2, -0.15) is 0 Å². The number of β-amino-alcohol motifs (C(OH)–C–C–N with tert-alkyl or cyclic N) is 1. The van der Waals surface area contributed by atoms with Gasteiger partial charge in [0, 0.05) is 26.7 Å². The summed E-state index contributed by atoms with van der Waals surface area (Å²) in [5.41, 5.74) is 1.84. The highest BCUT2D eigenvalue weighted by atomic mass is 35.5. The van der Waals surface area contributed by atoms with Gasteiger partial charge in [0.15, 0.2) is 0 Å². The largest absolute Gasteiger partial charge is 0.506 e. The normalized spacial score (nSPS) is 17.7. The summed E-state index contributed by atoms with van der Waals surface area (Å²) in [4.78, 5) is 2.14. The van der Waals surface area contributed by atoms with Crippen molar-refractivity contribution in [2.45, 2.75) is 31.2 Å². The van der Waals surface area contributed by atoms with E-state index in [0.717, 1.165) is 11.1 Å². The molecule has 0 radical (unpaired) electrons. The highest BCUT2D eigenvalue weighted by molar-refractivity contribution is 6.32. The third-order valence-electron chi connectivity index (χ3n) is 5.27. The fourth-order valence-corrected chi connectivity index (χ4v) is 3.74. The Kier molecular flexibility index (Phi) is 8.13. The summed E-state index contributed by atoms with van der Waals surface area (Å²) in [7, 11) is 1.66. The standard InChI is InChI=1S/C21H26ClNO4.ClH/c1-27-14-15-2-5-17(6-3-15)21(26)8-10-23(11-9-21)13-20(25)16-4-7-19(24)18(22)12-16;/h2-7,12,20,24-26H,8-11,13-14H2,1H3;1H. The van der Waals surface area contributed by atoms with Crippen LogP contribution >= 0.6 is 24.0 Å². The Balaban J connectivity index is 0.00000280. The topological polar surface area (TPSA) is 73.2 Å². The summed E-state index contributed by atoms with van der Waals surface area (Å²) in [6, 6.07) is 12.7. The van der Waals surface area contributed by atoms with Crippen molar-refractivity contribution in [2.75, 3.05) is 26.7 Å². The van der Waals surface area contributed by atoms with E-state index in [4.69, 9.17) is 16.3 Å². The minimum absolute atomic E-state index is 0. The Bertz CT molecular complexity index is 762. The van der Waals surface area contributed by atoms with Gasteiger partial charge in [-0.25, -0.2) is 0 Å². The summed E-state index contributed by atoms with van der Waals surface area (Å²) in [6.45, 7) is 2.41. The Hall–Kier alpha value is -1.34. The van der Waals surface area contributed by atoms with Crippen LogP contribution in [-0.2, 0) is 16.9 Å². The van der Waals surface area contributed by atoms with Gasteiger partial charge in [-0.3, -0.25) is 0 Å². The molecule has 1 atom stereocenters. The highest BCUT2D eigenvalue weighted by Gasteiger charge is 2.34. The molecule has 7 heteroatoms. The van der Waals surface area contributed by atoms with E-state index in [9.17, 15) is 15.3 Å². The predicted octanol–water partition coefficient (Wildman–Crippen LogP) is 3.63. The van der Waals surface area contributed by atoms with E-state index in [2.05, 4.69) is 4.90 Å². The molecule has 1 fully saturated rings.